The minimum Gasteiger partial charge on any atom is -0.493 e. The van der Waals surface area contributed by atoms with Crippen LogP contribution in [0.25, 0.3) is 0 Å². The van der Waals surface area contributed by atoms with E-state index in [0.29, 0.717) is 6.42 Å². The molecular weight excluding hydrogens is 555 g/mol. The quantitative estimate of drug-likeness (QED) is 0.186. The minimum absolute atomic E-state index is 0.0382. The van der Waals surface area contributed by atoms with Gasteiger partial charge in [0.25, 0.3) is 5.91 Å². The number of carbonyl (C=O) groups excluding carboxylic acids is 3. The van der Waals surface area contributed by atoms with Crippen molar-refractivity contribution < 1.29 is 37.7 Å². The van der Waals surface area contributed by atoms with Gasteiger partial charge in [-0.25, -0.2) is 14.2 Å². The van der Waals surface area contributed by atoms with Crippen LogP contribution in [0.15, 0.2) is 66.9 Å². The molecule has 0 aliphatic rings. The Bertz CT molecular complexity index is 1350. The molecule has 2 aromatic carbocycles. The predicted molar refractivity (Wildman–Crippen MR) is 158 cm³/mol. The lowest BCUT2D eigenvalue weighted by atomic mass is 9.78. The molecule has 0 saturated heterocycles. The third kappa shape index (κ3) is 9.80. The van der Waals surface area contributed by atoms with Gasteiger partial charge in [0.05, 0.1) is 7.11 Å². The number of ether oxygens (including phenoxy) is 4. The number of esters is 2. The number of hydrogen-bond acceptors (Lipinski definition) is 8. The Kier molecular flexibility index (Phi) is 12.5. The van der Waals surface area contributed by atoms with E-state index in [1.54, 1.807) is 12.1 Å². The number of nitrogens with one attached hydrogen (secondary N) is 1. The molecule has 9 nitrogen and oxygen atoms in total. The van der Waals surface area contributed by atoms with Crippen LogP contribution in [0.4, 0.5) is 4.39 Å². The molecule has 0 aliphatic carbocycles. The molecule has 0 radical (unpaired) electrons. The summed E-state index contributed by atoms with van der Waals surface area (Å²) < 4.78 is 35.1. The van der Waals surface area contributed by atoms with Crippen LogP contribution in [0.2, 0.25) is 0 Å². The van der Waals surface area contributed by atoms with Gasteiger partial charge in [-0.2, -0.15) is 0 Å². The average Bonchev–Trinajstić information content (AvgIpc) is 2.99. The highest BCUT2D eigenvalue weighted by atomic mass is 19.1. The van der Waals surface area contributed by atoms with Gasteiger partial charge in [0.15, 0.2) is 17.2 Å². The fraction of sp³-hybridized carbons (Fsp3) is 0.394. The van der Waals surface area contributed by atoms with E-state index in [1.165, 1.54) is 50.9 Å². The van der Waals surface area contributed by atoms with Crippen molar-refractivity contribution in [3.63, 3.8) is 0 Å². The number of nitrogens with zero attached hydrogens (tertiary/aromatic N) is 1. The molecule has 43 heavy (non-hydrogen) atoms. The number of benzene rings is 2. The van der Waals surface area contributed by atoms with Crippen molar-refractivity contribution in [2.24, 2.45) is 11.8 Å². The Labute approximate surface area is 251 Å². The van der Waals surface area contributed by atoms with Gasteiger partial charge >= 0.3 is 11.9 Å². The van der Waals surface area contributed by atoms with Crippen molar-refractivity contribution in [1.29, 1.82) is 0 Å². The first-order chi connectivity index (χ1) is 20.6. The number of amides is 1. The van der Waals surface area contributed by atoms with Gasteiger partial charge in [0, 0.05) is 25.1 Å². The summed E-state index contributed by atoms with van der Waals surface area (Å²) in [5, 5.41) is 2.61. The van der Waals surface area contributed by atoms with Crippen molar-refractivity contribution in [3.8, 4) is 11.5 Å². The van der Waals surface area contributed by atoms with Crippen LogP contribution in [0, 0.1) is 17.7 Å². The zero-order valence-corrected chi connectivity index (χ0v) is 25.2. The van der Waals surface area contributed by atoms with Gasteiger partial charge in [0.1, 0.15) is 18.0 Å². The van der Waals surface area contributed by atoms with Crippen molar-refractivity contribution >= 4 is 17.8 Å². The molecular formula is C33H39FN2O7. The van der Waals surface area contributed by atoms with Gasteiger partial charge < -0.3 is 24.3 Å². The molecule has 1 N–H and O–H groups in total. The minimum atomic E-state index is -1.02. The summed E-state index contributed by atoms with van der Waals surface area (Å²) in [4.78, 5) is 41.6. The first-order valence-electron chi connectivity index (χ1n) is 14.2. The van der Waals surface area contributed by atoms with Gasteiger partial charge in [-0.05, 0) is 55.9 Å². The molecule has 1 heterocycles. The summed E-state index contributed by atoms with van der Waals surface area (Å²) in [7, 11) is 1.39. The molecule has 10 heteroatoms. The number of carbonyl (C=O) groups is 3. The molecule has 4 atom stereocenters. The second kappa shape index (κ2) is 16.2. The SMILES string of the molecule is CC[C@H](Cc1ccccc1)[C@@H](Cc1ccc(F)cc1)[C@H](C)OC(=O)[C@H](C)NC(=O)c1nccc(OC)c1OCOC(C)=O. The summed E-state index contributed by atoms with van der Waals surface area (Å²) in [5.74, 6) is -1.95. The predicted octanol–water partition coefficient (Wildman–Crippen LogP) is 5.31. The highest BCUT2D eigenvalue weighted by Crippen LogP contribution is 2.31. The Morgan fingerprint density at radius 1 is 0.953 bits per heavy atom. The fourth-order valence-electron chi connectivity index (χ4n) is 4.88. The Hall–Kier alpha value is -4.47. The van der Waals surface area contributed by atoms with Gasteiger partial charge in [-0.15, -0.1) is 0 Å². The fourth-order valence-corrected chi connectivity index (χ4v) is 4.88. The van der Waals surface area contributed by atoms with Crippen LogP contribution >= 0.6 is 0 Å². The maximum atomic E-state index is 13.6. The summed E-state index contributed by atoms with van der Waals surface area (Å²) in [6.45, 7) is 6.23. The lowest BCUT2D eigenvalue weighted by Gasteiger charge is -2.32. The van der Waals surface area contributed by atoms with Crippen molar-refractivity contribution in [3.05, 3.63) is 89.5 Å². The molecule has 230 valence electrons. The topological polar surface area (TPSA) is 113 Å². The van der Waals surface area contributed by atoms with Crippen molar-refractivity contribution in [1.82, 2.24) is 10.3 Å². The summed E-state index contributed by atoms with van der Waals surface area (Å²) in [6, 6.07) is 16.9. The molecule has 0 unspecified atom stereocenters. The standard InChI is InChI=1S/C33H39FN2O7/c1-6-26(18-24-10-8-7-9-11-24)28(19-25-12-14-27(34)15-13-25)22(3)43-33(39)21(2)36-32(38)30-31(42-20-41-23(4)37)29(40-5)16-17-35-30/h7-17,21-22,26,28H,6,18-20H2,1-5H3,(H,36,38)/t21-,22-,26+,28-/m0/s1. The highest BCUT2D eigenvalue weighted by Gasteiger charge is 2.31. The normalized spacial score (nSPS) is 13.6. The summed E-state index contributed by atoms with van der Waals surface area (Å²) in [5.41, 5.74) is 1.96. The van der Waals surface area contributed by atoms with Crippen LogP contribution in [0.1, 0.15) is 55.7 Å². The average molecular weight is 595 g/mol. The molecule has 0 bridgehead atoms. The molecule has 0 aliphatic heterocycles. The van der Waals surface area contributed by atoms with E-state index in [2.05, 4.69) is 29.4 Å². The second-order valence-electron chi connectivity index (χ2n) is 10.3. The maximum absolute atomic E-state index is 13.6. The Balaban J connectivity index is 1.74. The van der Waals surface area contributed by atoms with E-state index in [0.717, 1.165) is 18.4 Å². The number of aromatic nitrogens is 1. The zero-order chi connectivity index (χ0) is 31.4. The molecule has 0 fully saturated rings. The van der Waals surface area contributed by atoms with Crippen LogP contribution in [-0.4, -0.2) is 48.9 Å². The lowest BCUT2D eigenvalue weighted by Crippen LogP contribution is -2.43. The van der Waals surface area contributed by atoms with Crippen molar-refractivity contribution in [2.75, 3.05) is 13.9 Å². The van der Waals surface area contributed by atoms with E-state index in [1.807, 2.05) is 25.1 Å². The lowest BCUT2D eigenvalue weighted by molar-refractivity contribution is -0.154. The smallest absolute Gasteiger partial charge is 0.328 e. The Morgan fingerprint density at radius 3 is 2.26 bits per heavy atom. The van der Waals surface area contributed by atoms with Crippen LogP contribution < -0.4 is 14.8 Å². The van der Waals surface area contributed by atoms with E-state index in [9.17, 15) is 18.8 Å². The van der Waals surface area contributed by atoms with Gasteiger partial charge in [-0.1, -0.05) is 55.8 Å². The Morgan fingerprint density at radius 2 is 1.63 bits per heavy atom. The summed E-state index contributed by atoms with van der Waals surface area (Å²) in [6.07, 6.45) is 3.05. The molecule has 1 amide bonds. The first-order valence-corrected chi connectivity index (χ1v) is 14.2. The summed E-state index contributed by atoms with van der Waals surface area (Å²) >= 11 is 0. The maximum Gasteiger partial charge on any atom is 0.328 e. The highest BCUT2D eigenvalue weighted by molar-refractivity contribution is 5.98. The number of methoxy groups -OCH3 is 1. The second-order valence-corrected chi connectivity index (χ2v) is 10.3. The molecule has 3 rings (SSSR count). The third-order valence-electron chi connectivity index (χ3n) is 7.23. The van der Waals surface area contributed by atoms with Gasteiger partial charge in [-0.3, -0.25) is 9.59 Å². The zero-order valence-electron chi connectivity index (χ0n) is 25.2. The van der Waals surface area contributed by atoms with Crippen molar-refractivity contribution in [2.45, 2.75) is 59.1 Å². The largest absolute Gasteiger partial charge is 0.493 e. The molecule has 1 aromatic heterocycles. The number of halogens is 1. The molecule has 0 spiro atoms. The molecule has 0 saturated carbocycles. The van der Waals surface area contributed by atoms with E-state index >= 15 is 0 Å². The van der Waals surface area contributed by atoms with Gasteiger partial charge in [0.2, 0.25) is 6.79 Å². The third-order valence-corrected chi connectivity index (χ3v) is 7.23. The van der Waals surface area contributed by atoms with Crippen LogP contribution in [0.5, 0.6) is 11.5 Å². The number of hydrogen-bond donors (Lipinski definition) is 1. The number of pyridine rings is 1. The number of rotatable bonds is 15. The van der Waals surface area contributed by atoms with Crippen LogP contribution in [0.3, 0.4) is 0 Å². The first kappa shape index (κ1) is 33.0. The van der Waals surface area contributed by atoms with E-state index in [4.69, 9.17) is 18.9 Å². The van der Waals surface area contributed by atoms with E-state index in [-0.39, 0.29) is 34.8 Å². The molecule has 3 aromatic rings. The van der Waals surface area contributed by atoms with Crippen LogP contribution in [-0.2, 0) is 31.9 Å². The van der Waals surface area contributed by atoms with E-state index < -0.39 is 36.8 Å². The monoisotopic (exact) mass is 594 g/mol.